The molecule has 6 nitrogen and oxygen atoms in total. The minimum atomic E-state index is -3.66. The molecule has 3 heterocycles. The van der Waals surface area contributed by atoms with Crippen LogP contribution in [0.15, 0.2) is 58.1 Å². The summed E-state index contributed by atoms with van der Waals surface area (Å²) in [5, 5.41) is 7.27. The predicted molar refractivity (Wildman–Crippen MR) is 117 cm³/mol. The van der Waals surface area contributed by atoms with E-state index < -0.39 is 16.1 Å². The summed E-state index contributed by atoms with van der Waals surface area (Å²) < 4.78 is 28.4. The van der Waals surface area contributed by atoms with Crippen LogP contribution in [0.25, 0.3) is 21.0 Å². The Morgan fingerprint density at radius 2 is 2.00 bits per heavy atom. The number of thiophene rings is 1. The molecule has 1 aliphatic rings. The second-order valence-electron chi connectivity index (χ2n) is 6.85. The van der Waals surface area contributed by atoms with Gasteiger partial charge in [0, 0.05) is 11.9 Å². The zero-order valence-electron chi connectivity index (χ0n) is 15.2. The molecule has 0 saturated carbocycles. The molecule has 148 valence electrons. The molecule has 0 spiro atoms. The predicted octanol–water partition coefficient (Wildman–Crippen LogP) is 4.30. The number of benzene rings is 2. The zero-order valence-corrected chi connectivity index (χ0v) is 17.7. The highest BCUT2D eigenvalue weighted by atomic mass is 32.2. The molecule has 5 rings (SSSR count). The molecule has 2 aromatic carbocycles. The number of anilines is 1. The molecule has 1 N–H and O–H groups in total. The molecular formula is C20H17N3O3S3. The van der Waals surface area contributed by atoms with Crippen LogP contribution < -0.4 is 5.32 Å². The van der Waals surface area contributed by atoms with Gasteiger partial charge in [-0.3, -0.25) is 4.79 Å². The Morgan fingerprint density at radius 1 is 1.14 bits per heavy atom. The van der Waals surface area contributed by atoms with Gasteiger partial charge in [-0.05, 0) is 35.7 Å². The van der Waals surface area contributed by atoms with Crippen molar-refractivity contribution in [3.05, 3.63) is 53.9 Å². The summed E-state index contributed by atoms with van der Waals surface area (Å²) in [7, 11) is -3.66. The first-order valence-corrected chi connectivity index (χ1v) is 12.3. The summed E-state index contributed by atoms with van der Waals surface area (Å²) in [4.78, 5) is 17.5. The van der Waals surface area contributed by atoms with Crippen LogP contribution in [-0.4, -0.2) is 36.2 Å². The van der Waals surface area contributed by atoms with E-state index >= 15 is 0 Å². The third-order valence-electron chi connectivity index (χ3n) is 5.07. The van der Waals surface area contributed by atoms with E-state index in [4.69, 9.17) is 0 Å². The number of sulfonamides is 1. The van der Waals surface area contributed by atoms with Gasteiger partial charge in [-0.2, -0.15) is 4.31 Å². The van der Waals surface area contributed by atoms with Crippen LogP contribution in [0.4, 0.5) is 5.13 Å². The van der Waals surface area contributed by atoms with Crippen LogP contribution >= 0.6 is 22.7 Å². The second kappa shape index (κ2) is 7.17. The number of amides is 1. The third-order valence-corrected chi connectivity index (χ3v) is 9.38. The fraction of sp³-hybridized carbons (Fsp3) is 0.200. The normalized spacial score (nSPS) is 17.9. The van der Waals surface area contributed by atoms with Crippen molar-refractivity contribution in [3.63, 3.8) is 0 Å². The van der Waals surface area contributed by atoms with Gasteiger partial charge in [0.1, 0.15) is 10.3 Å². The molecule has 2 aromatic heterocycles. The van der Waals surface area contributed by atoms with Gasteiger partial charge in [0.25, 0.3) is 10.0 Å². The minimum Gasteiger partial charge on any atom is -0.301 e. The summed E-state index contributed by atoms with van der Waals surface area (Å²) in [6.45, 7) is 0.350. The summed E-state index contributed by atoms with van der Waals surface area (Å²) in [6.07, 6.45) is 1.16. The Balaban J connectivity index is 1.43. The molecule has 1 atom stereocenters. The average Bonchev–Trinajstić information content (AvgIpc) is 3.47. The number of nitrogens with zero attached hydrogens (tertiary/aromatic N) is 2. The number of fused-ring (bicyclic) bond motifs is 3. The van der Waals surface area contributed by atoms with Gasteiger partial charge in [-0.1, -0.05) is 47.7 Å². The van der Waals surface area contributed by atoms with Crippen molar-refractivity contribution in [2.45, 2.75) is 23.1 Å². The minimum absolute atomic E-state index is 0.267. The Bertz CT molecular complexity index is 1310. The van der Waals surface area contributed by atoms with Crippen LogP contribution in [0, 0.1) is 0 Å². The lowest BCUT2D eigenvalue weighted by molar-refractivity contribution is -0.119. The molecule has 29 heavy (non-hydrogen) atoms. The molecule has 0 radical (unpaired) electrons. The fourth-order valence-electron chi connectivity index (χ4n) is 3.71. The number of thiazole rings is 1. The van der Waals surface area contributed by atoms with Gasteiger partial charge in [0.15, 0.2) is 5.13 Å². The maximum Gasteiger partial charge on any atom is 0.253 e. The largest absolute Gasteiger partial charge is 0.301 e. The molecule has 1 saturated heterocycles. The van der Waals surface area contributed by atoms with E-state index in [2.05, 4.69) is 10.3 Å². The highest BCUT2D eigenvalue weighted by Gasteiger charge is 2.40. The highest BCUT2D eigenvalue weighted by molar-refractivity contribution is 7.91. The Labute approximate surface area is 175 Å². The lowest BCUT2D eigenvalue weighted by Crippen LogP contribution is -2.42. The fourth-order valence-corrected chi connectivity index (χ4v) is 7.49. The summed E-state index contributed by atoms with van der Waals surface area (Å²) in [6, 6.07) is 14.5. The first-order valence-electron chi connectivity index (χ1n) is 9.18. The van der Waals surface area contributed by atoms with Crippen molar-refractivity contribution in [1.82, 2.24) is 9.29 Å². The smallest absolute Gasteiger partial charge is 0.253 e. The molecular weight excluding hydrogens is 426 g/mol. The van der Waals surface area contributed by atoms with Gasteiger partial charge < -0.3 is 5.32 Å². The first kappa shape index (κ1) is 18.7. The highest BCUT2D eigenvalue weighted by Crippen LogP contribution is 2.34. The van der Waals surface area contributed by atoms with Crippen LogP contribution in [0.5, 0.6) is 0 Å². The third kappa shape index (κ3) is 3.24. The maximum absolute atomic E-state index is 12.9. The number of nitrogens with one attached hydrogen (secondary N) is 1. The van der Waals surface area contributed by atoms with Crippen LogP contribution in [0.2, 0.25) is 0 Å². The number of hydrogen-bond acceptors (Lipinski definition) is 6. The average molecular weight is 444 g/mol. The standard InChI is InChI=1S/C20H17N3O3S3/c24-19(16-7-3-11-23(16)29(25,26)17-8-4-12-27-17)22-20-21-15-10-9-13-5-1-2-6-14(13)18(15)28-20/h1-2,4-6,8-10,12,16H,3,7,11H2,(H,21,22,24)/t16-/m0/s1. The van der Waals surface area contributed by atoms with E-state index in [1.807, 2.05) is 36.4 Å². The van der Waals surface area contributed by atoms with E-state index in [9.17, 15) is 13.2 Å². The van der Waals surface area contributed by atoms with Crippen molar-refractivity contribution in [2.24, 2.45) is 0 Å². The van der Waals surface area contributed by atoms with Crippen molar-refractivity contribution in [2.75, 3.05) is 11.9 Å². The summed E-state index contributed by atoms with van der Waals surface area (Å²) in [5.74, 6) is -0.328. The molecule has 9 heteroatoms. The van der Waals surface area contributed by atoms with Gasteiger partial charge in [0.2, 0.25) is 5.91 Å². The van der Waals surface area contributed by atoms with Crippen molar-refractivity contribution >= 4 is 64.7 Å². The Morgan fingerprint density at radius 3 is 2.83 bits per heavy atom. The SMILES string of the molecule is O=C(Nc1nc2ccc3ccccc3c2s1)[C@@H]1CCCN1S(=O)(=O)c1cccs1. The van der Waals surface area contributed by atoms with Crippen LogP contribution in [0.3, 0.4) is 0 Å². The van der Waals surface area contributed by atoms with E-state index in [0.717, 1.165) is 21.0 Å². The topological polar surface area (TPSA) is 79.4 Å². The lowest BCUT2D eigenvalue weighted by Gasteiger charge is -2.22. The van der Waals surface area contributed by atoms with Crippen LogP contribution in [0.1, 0.15) is 12.8 Å². The number of hydrogen-bond donors (Lipinski definition) is 1. The number of carbonyl (C=O) groups is 1. The molecule has 1 fully saturated rings. The number of aromatic nitrogens is 1. The zero-order chi connectivity index (χ0) is 20.0. The molecule has 4 aromatic rings. The number of carbonyl (C=O) groups excluding carboxylic acids is 1. The number of rotatable bonds is 4. The van der Waals surface area contributed by atoms with Crippen molar-refractivity contribution in [3.8, 4) is 0 Å². The molecule has 0 unspecified atom stereocenters. The van der Waals surface area contributed by atoms with Gasteiger partial charge >= 0.3 is 0 Å². The monoisotopic (exact) mass is 443 g/mol. The maximum atomic E-state index is 12.9. The van der Waals surface area contributed by atoms with Gasteiger partial charge in [0.05, 0.1) is 10.2 Å². The van der Waals surface area contributed by atoms with E-state index in [1.54, 1.807) is 17.5 Å². The van der Waals surface area contributed by atoms with Crippen molar-refractivity contribution in [1.29, 1.82) is 0 Å². The molecule has 0 aliphatic carbocycles. The summed E-state index contributed by atoms with van der Waals surface area (Å²) in [5.41, 5.74) is 0.818. The van der Waals surface area contributed by atoms with E-state index in [1.165, 1.54) is 27.0 Å². The Hall–Kier alpha value is -2.33. The van der Waals surface area contributed by atoms with Gasteiger partial charge in [-0.15, -0.1) is 11.3 Å². The Kier molecular flexibility index (Phi) is 4.62. The molecule has 1 aliphatic heterocycles. The second-order valence-corrected chi connectivity index (χ2v) is 10.9. The van der Waals surface area contributed by atoms with Gasteiger partial charge in [-0.25, -0.2) is 13.4 Å². The molecule has 0 bridgehead atoms. The van der Waals surface area contributed by atoms with Crippen LogP contribution in [-0.2, 0) is 14.8 Å². The first-order chi connectivity index (χ1) is 14.0. The lowest BCUT2D eigenvalue weighted by atomic mass is 10.1. The van der Waals surface area contributed by atoms with Crippen molar-refractivity contribution < 1.29 is 13.2 Å². The molecule has 1 amide bonds. The summed E-state index contributed by atoms with van der Waals surface area (Å²) >= 11 is 2.58. The quantitative estimate of drug-likeness (QED) is 0.510. The van der Waals surface area contributed by atoms with E-state index in [-0.39, 0.29) is 10.1 Å². The van der Waals surface area contributed by atoms with E-state index in [0.29, 0.717) is 24.5 Å².